The van der Waals surface area contributed by atoms with E-state index in [4.69, 9.17) is 27.9 Å². The Labute approximate surface area is 246 Å². The molecule has 1 aliphatic rings. The monoisotopic (exact) mass is 621 g/mol. The number of anilines is 1. The number of sulfonamides is 1. The average molecular weight is 623 g/mol. The summed E-state index contributed by atoms with van der Waals surface area (Å²) in [7, 11) is -2.70. The first-order chi connectivity index (χ1) is 19.1. The number of esters is 1. The summed E-state index contributed by atoms with van der Waals surface area (Å²) in [5.74, 6) is -1.39. The van der Waals surface area contributed by atoms with E-state index in [1.165, 1.54) is 31.0 Å². The zero-order valence-electron chi connectivity index (χ0n) is 21.2. The number of rotatable bonds is 9. The first-order valence-electron chi connectivity index (χ1n) is 12.0. The Balaban J connectivity index is 1.44. The van der Waals surface area contributed by atoms with Crippen LogP contribution < -0.4 is 10.6 Å². The maximum absolute atomic E-state index is 13.2. The van der Waals surface area contributed by atoms with Crippen LogP contribution in [-0.2, 0) is 30.8 Å². The lowest BCUT2D eigenvalue weighted by Gasteiger charge is -2.25. The number of amides is 2. The highest BCUT2D eigenvalue weighted by atomic mass is 35.5. The molecule has 1 fully saturated rings. The van der Waals surface area contributed by atoms with Crippen molar-refractivity contribution in [2.75, 3.05) is 24.1 Å². The number of nitrogens with zero attached hydrogens (tertiary/aromatic N) is 1. The number of halogens is 2. The quantitative estimate of drug-likeness (QED) is 0.343. The highest BCUT2D eigenvalue weighted by Crippen LogP contribution is 2.29. The maximum Gasteiger partial charge on any atom is 0.328 e. The highest BCUT2D eigenvalue weighted by molar-refractivity contribution is 8.00. The molecule has 0 aromatic heterocycles. The van der Waals surface area contributed by atoms with Crippen LogP contribution in [-0.4, -0.2) is 61.3 Å². The molecule has 210 valence electrons. The van der Waals surface area contributed by atoms with Crippen molar-refractivity contribution in [3.8, 4) is 0 Å². The first kappa shape index (κ1) is 29.9. The van der Waals surface area contributed by atoms with Crippen molar-refractivity contribution in [1.29, 1.82) is 0 Å². The Kier molecular flexibility index (Phi) is 9.75. The number of hydrogen-bond acceptors (Lipinski definition) is 7. The van der Waals surface area contributed by atoms with Crippen LogP contribution in [0.2, 0.25) is 10.0 Å². The number of thioether (sulfide) groups is 1. The number of benzene rings is 3. The normalized spacial score (nSPS) is 16.2. The maximum atomic E-state index is 13.2. The predicted molar refractivity (Wildman–Crippen MR) is 155 cm³/mol. The second kappa shape index (κ2) is 13.0. The van der Waals surface area contributed by atoms with E-state index in [1.807, 2.05) is 0 Å². The van der Waals surface area contributed by atoms with E-state index in [1.54, 1.807) is 60.7 Å². The number of ether oxygens (including phenoxy) is 1. The summed E-state index contributed by atoms with van der Waals surface area (Å²) in [4.78, 5) is 38.5. The Bertz CT molecular complexity index is 1480. The van der Waals surface area contributed by atoms with Crippen molar-refractivity contribution in [1.82, 2.24) is 9.62 Å². The molecular weight excluding hydrogens is 597 g/mol. The number of carbonyl (C=O) groups excluding carboxylic acids is 3. The van der Waals surface area contributed by atoms with Gasteiger partial charge >= 0.3 is 5.97 Å². The lowest BCUT2D eigenvalue weighted by atomic mass is 10.0. The number of nitrogens with one attached hydrogen (secondary N) is 2. The molecule has 2 atom stereocenters. The summed E-state index contributed by atoms with van der Waals surface area (Å²) in [5.41, 5.74) is 1.28. The molecule has 1 saturated heterocycles. The van der Waals surface area contributed by atoms with Crippen LogP contribution in [0.25, 0.3) is 0 Å². The van der Waals surface area contributed by atoms with Gasteiger partial charge in [-0.2, -0.15) is 4.31 Å². The molecule has 0 spiro atoms. The van der Waals surface area contributed by atoms with Crippen LogP contribution in [0, 0.1) is 0 Å². The number of methoxy groups -OCH3 is 1. The summed E-state index contributed by atoms with van der Waals surface area (Å²) in [6.45, 7) is 0. The van der Waals surface area contributed by atoms with Gasteiger partial charge in [0, 0.05) is 17.9 Å². The molecule has 4 rings (SSSR count). The SMILES string of the molecule is COC(=O)C(Cc1ccc(NC(=O)c2c(Cl)cccc2Cl)cc1)NC(=O)C1CSCN1S(=O)(=O)c1ccccc1. The lowest BCUT2D eigenvalue weighted by Crippen LogP contribution is -2.52. The Hall–Kier alpha value is -3.09. The topological polar surface area (TPSA) is 122 Å². The third-order valence-corrected chi connectivity index (χ3v) is 9.81. The fraction of sp³-hybridized carbons (Fsp3) is 0.222. The standard InChI is InChI=1S/C27H25Cl2N3O6S2/c1-38-27(35)22(31-25(33)23-15-39-16-32(23)40(36,37)19-6-3-2-4-7-19)14-17-10-12-18(13-11-17)30-26(34)24-20(28)8-5-9-21(24)29/h2-13,22-23H,14-16H2,1H3,(H,30,34)(H,31,33). The van der Waals surface area contributed by atoms with E-state index in [2.05, 4.69) is 10.6 Å². The summed E-state index contributed by atoms with van der Waals surface area (Å²) in [5, 5.41) is 5.82. The third-order valence-electron chi connectivity index (χ3n) is 6.14. The van der Waals surface area contributed by atoms with Crippen molar-refractivity contribution in [3.63, 3.8) is 0 Å². The summed E-state index contributed by atoms with van der Waals surface area (Å²) in [6, 6.07) is 17.2. The van der Waals surface area contributed by atoms with Crippen molar-refractivity contribution in [3.05, 3.63) is 94.0 Å². The second-order valence-electron chi connectivity index (χ2n) is 8.76. The fourth-order valence-electron chi connectivity index (χ4n) is 4.07. The molecule has 9 nitrogen and oxygen atoms in total. The van der Waals surface area contributed by atoms with Crippen molar-refractivity contribution in [2.24, 2.45) is 0 Å². The predicted octanol–water partition coefficient (Wildman–Crippen LogP) is 4.21. The zero-order valence-corrected chi connectivity index (χ0v) is 24.3. The fourth-order valence-corrected chi connectivity index (χ4v) is 7.81. The van der Waals surface area contributed by atoms with Crippen LogP contribution >= 0.6 is 35.0 Å². The molecule has 3 aromatic rings. The van der Waals surface area contributed by atoms with Crippen molar-refractivity contribution in [2.45, 2.75) is 23.4 Å². The summed E-state index contributed by atoms with van der Waals surface area (Å²) in [6.07, 6.45) is 0.0777. The molecule has 2 amide bonds. The van der Waals surface area contributed by atoms with Crippen LogP contribution in [0.3, 0.4) is 0 Å². The zero-order chi connectivity index (χ0) is 28.9. The van der Waals surface area contributed by atoms with Crippen molar-refractivity contribution < 1.29 is 27.5 Å². The number of carbonyl (C=O) groups is 3. The van der Waals surface area contributed by atoms with Gasteiger partial charge in [0.05, 0.1) is 33.5 Å². The van der Waals surface area contributed by atoms with Gasteiger partial charge in [0.15, 0.2) is 0 Å². The van der Waals surface area contributed by atoms with Gasteiger partial charge in [0.25, 0.3) is 5.91 Å². The molecular formula is C27H25Cl2N3O6S2. The molecule has 0 bridgehead atoms. The smallest absolute Gasteiger partial charge is 0.328 e. The van der Waals surface area contributed by atoms with Gasteiger partial charge in [-0.25, -0.2) is 13.2 Å². The minimum absolute atomic E-state index is 0.0777. The molecule has 0 radical (unpaired) electrons. The lowest BCUT2D eigenvalue weighted by molar-refractivity contribution is -0.145. The van der Waals surface area contributed by atoms with E-state index in [0.717, 1.165) is 4.31 Å². The average Bonchev–Trinajstić information content (AvgIpc) is 3.45. The molecule has 1 heterocycles. The minimum Gasteiger partial charge on any atom is -0.467 e. The van der Waals surface area contributed by atoms with Crippen LogP contribution in [0.4, 0.5) is 5.69 Å². The van der Waals surface area contributed by atoms with Crippen LogP contribution in [0.1, 0.15) is 15.9 Å². The van der Waals surface area contributed by atoms with Gasteiger partial charge in [-0.3, -0.25) is 9.59 Å². The molecule has 1 aliphatic heterocycles. The molecule has 2 N–H and O–H groups in total. The largest absolute Gasteiger partial charge is 0.467 e. The van der Waals surface area contributed by atoms with Gasteiger partial charge in [0.1, 0.15) is 12.1 Å². The van der Waals surface area contributed by atoms with Crippen LogP contribution in [0.15, 0.2) is 77.7 Å². The molecule has 3 aromatic carbocycles. The van der Waals surface area contributed by atoms with Gasteiger partial charge < -0.3 is 15.4 Å². The third kappa shape index (κ3) is 6.79. The van der Waals surface area contributed by atoms with E-state index in [0.29, 0.717) is 11.3 Å². The number of hydrogen-bond donors (Lipinski definition) is 2. The molecule has 2 unspecified atom stereocenters. The van der Waals surface area contributed by atoms with Gasteiger partial charge in [-0.15, -0.1) is 11.8 Å². The van der Waals surface area contributed by atoms with Gasteiger partial charge in [-0.05, 0) is 42.0 Å². The molecule has 13 heteroatoms. The van der Waals surface area contributed by atoms with E-state index in [9.17, 15) is 22.8 Å². The van der Waals surface area contributed by atoms with Crippen molar-refractivity contribution >= 4 is 68.5 Å². The second-order valence-corrected chi connectivity index (χ2v) is 12.5. The Morgan fingerprint density at radius 2 is 1.65 bits per heavy atom. The first-order valence-corrected chi connectivity index (χ1v) is 15.3. The van der Waals surface area contributed by atoms with E-state index in [-0.39, 0.29) is 38.6 Å². The van der Waals surface area contributed by atoms with Gasteiger partial charge in [0.2, 0.25) is 15.9 Å². The Morgan fingerprint density at radius 3 is 2.27 bits per heavy atom. The minimum atomic E-state index is -3.91. The van der Waals surface area contributed by atoms with E-state index < -0.39 is 39.9 Å². The van der Waals surface area contributed by atoms with Crippen LogP contribution in [0.5, 0.6) is 0 Å². The molecule has 40 heavy (non-hydrogen) atoms. The summed E-state index contributed by atoms with van der Waals surface area (Å²) < 4.78 is 32.3. The Morgan fingerprint density at radius 1 is 1.00 bits per heavy atom. The molecule has 0 saturated carbocycles. The highest BCUT2D eigenvalue weighted by Gasteiger charge is 2.41. The van der Waals surface area contributed by atoms with Gasteiger partial charge in [-0.1, -0.05) is 59.6 Å². The molecule has 0 aliphatic carbocycles. The van der Waals surface area contributed by atoms with E-state index >= 15 is 0 Å². The summed E-state index contributed by atoms with van der Waals surface area (Å²) >= 11 is 13.5.